The van der Waals surface area contributed by atoms with Gasteiger partial charge in [-0.3, -0.25) is 0 Å². The average molecular weight is 181 g/mol. The van der Waals surface area contributed by atoms with Crippen LogP contribution in [-0.4, -0.2) is 15.4 Å². The molecule has 5 nitrogen and oxygen atoms in total. The fourth-order valence-electron chi connectivity index (χ4n) is 1.00. The number of hydrogen-bond acceptors (Lipinski definition) is 4. The lowest BCUT2D eigenvalue weighted by Gasteiger charge is -1.86. The highest BCUT2D eigenvalue weighted by molar-refractivity contribution is 7.41. The molecule has 1 N–H and O–H groups in total. The number of H-pyrrole nitrogens is 1. The molecule has 0 unspecified atom stereocenters. The lowest BCUT2D eigenvalue weighted by Crippen LogP contribution is -1.93. The lowest BCUT2D eigenvalue weighted by molar-refractivity contribution is 0.523. The molecule has 0 spiro atoms. The third kappa shape index (κ3) is 0.950. The summed E-state index contributed by atoms with van der Waals surface area (Å²) in [6.45, 7) is 0. The number of aromatic nitrogens is 3. The lowest BCUT2D eigenvalue weighted by atomic mass is 10.3. The fourth-order valence-corrected chi connectivity index (χ4v) is 1.55. The molecule has 12 heavy (non-hydrogen) atoms. The van der Waals surface area contributed by atoms with E-state index in [2.05, 4.69) is 15.4 Å². The minimum Gasteiger partial charge on any atom is -0.232 e. The molecule has 60 valence electrons. The van der Waals surface area contributed by atoms with Gasteiger partial charge in [0.15, 0.2) is 0 Å². The first-order chi connectivity index (χ1) is 5.79. The van der Waals surface area contributed by atoms with E-state index >= 15 is 0 Å². The molecule has 1 aromatic heterocycles. The van der Waals surface area contributed by atoms with Crippen LogP contribution in [0.25, 0.3) is 11.0 Å². The molecule has 2 rings (SSSR count). The predicted molar refractivity (Wildman–Crippen MR) is 41.8 cm³/mol. The summed E-state index contributed by atoms with van der Waals surface area (Å²) in [7, 11) is -2.59. The van der Waals surface area contributed by atoms with Gasteiger partial charge in [0.25, 0.3) is 0 Å². The summed E-state index contributed by atoms with van der Waals surface area (Å²) in [5.74, 6) is 0. The highest BCUT2D eigenvalue weighted by Crippen LogP contribution is 2.12. The Labute approximate surface area is 67.6 Å². The number of hydrogen-bond donors (Lipinski definition) is 1. The largest absolute Gasteiger partial charge is 0.351 e. The number of para-hydroxylation sites is 1. The Hall–Kier alpha value is -1.48. The van der Waals surface area contributed by atoms with Crippen molar-refractivity contribution in [1.29, 1.82) is 0 Å². The van der Waals surface area contributed by atoms with Gasteiger partial charge in [-0.15, -0.1) is 0 Å². The second-order valence-corrected chi connectivity index (χ2v) is 3.22. The van der Waals surface area contributed by atoms with Gasteiger partial charge < -0.3 is 0 Å². The van der Waals surface area contributed by atoms with Crippen molar-refractivity contribution < 1.29 is 9.13 Å². The van der Waals surface area contributed by atoms with Crippen molar-refractivity contribution in [2.45, 2.75) is 0 Å². The van der Waals surface area contributed by atoms with Crippen molar-refractivity contribution in [3.63, 3.8) is 0 Å². The molecule has 0 aliphatic heterocycles. The minimum atomic E-state index is -2.59. The zero-order valence-corrected chi connectivity index (χ0v) is 6.78. The van der Waals surface area contributed by atoms with Crippen molar-refractivity contribution in [1.82, 2.24) is 15.4 Å². The van der Waals surface area contributed by atoms with E-state index in [1.165, 1.54) is 6.07 Å². The van der Waals surface area contributed by atoms with Crippen LogP contribution in [0.15, 0.2) is 18.2 Å². The molecule has 0 bridgehead atoms. The van der Waals surface area contributed by atoms with E-state index in [1.807, 2.05) is 0 Å². The van der Waals surface area contributed by atoms with Gasteiger partial charge in [-0.05, 0) is 12.1 Å². The molecule has 0 aliphatic carbocycles. The van der Waals surface area contributed by atoms with Gasteiger partial charge in [-0.1, -0.05) is 6.07 Å². The van der Waals surface area contributed by atoms with Crippen molar-refractivity contribution in [2.75, 3.05) is 0 Å². The Morgan fingerprint density at radius 1 is 1.25 bits per heavy atom. The normalized spacial score (nSPS) is 10.3. The number of aromatic amines is 1. The van der Waals surface area contributed by atoms with Crippen LogP contribution in [0, 0.1) is 0 Å². The fraction of sp³-hybridized carbons (Fsp3) is 0. The Kier molecular flexibility index (Phi) is 1.52. The molecule has 2 aromatic rings. The summed E-state index contributed by atoms with van der Waals surface area (Å²) >= 11 is 0. The van der Waals surface area contributed by atoms with Crippen LogP contribution in [-0.2, 0) is 9.13 Å². The first-order valence-electron chi connectivity index (χ1n) is 3.23. The summed E-state index contributed by atoms with van der Waals surface area (Å²) in [5.41, 5.74) is 0.959. The Morgan fingerprint density at radius 2 is 2.08 bits per heavy atom. The van der Waals surface area contributed by atoms with Crippen LogP contribution in [0.2, 0.25) is 0 Å². The number of nitrogens with one attached hydrogen (secondary N) is 1. The van der Waals surface area contributed by atoms with E-state index in [9.17, 15) is 9.13 Å². The van der Waals surface area contributed by atoms with Crippen LogP contribution >= 0.6 is 7.68 Å². The van der Waals surface area contributed by atoms with Crippen LogP contribution in [0.3, 0.4) is 0 Å². The second-order valence-electron chi connectivity index (χ2n) is 2.23. The van der Waals surface area contributed by atoms with Gasteiger partial charge in [0.2, 0.25) is 0 Å². The molecule has 0 saturated heterocycles. The summed E-state index contributed by atoms with van der Waals surface area (Å²) in [5, 5.41) is 10.0. The monoisotopic (exact) mass is 181 g/mol. The summed E-state index contributed by atoms with van der Waals surface area (Å²) < 4.78 is 21.3. The molecule has 1 aromatic carbocycles. The van der Waals surface area contributed by atoms with Crippen molar-refractivity contribution >= 4 is 24.0 Å². The Morgan fingerprint density at radius 3 is 2.83 bits per heavy atom. The predicted octanol–water partition coefficient (Wildman–Crippen LogP) is 0.756. The standard InChI is InChI=1S/C6H4N3O2P/c10-12(11)5-3-1-2-4-6(5)8-9-7-4/h1-3H,(H,7,8,9). The van der Waals surface area contributed by atoms with E-state index in [0.29, 0.717) is 11.0 Å². The van der Waals surface area contributed by atoms with Crippen molar-refractivity contribution in [3.8, 4) is 0 Å². The maximum absolute atomic E-state index is 10.7. The van der Waals surface area contributed by atoms with Crippen LogP contribution in [0.4, 0.5) is 0 Å². The van der Waals surface area contributed by atoms with Crippen LogP contribution in [0.5, 0.6) is 0 Å². The molecular formula is C6H4N3O2P. The third-order valence-corrected chi connectivity index (χ3v) is 2.28. The SMILES string of the molecule is O=P(=O)c1cccc2n[nH]nc12. The van der Waals surface area contributed by atoms with E-state index in [1.54, 1.807) is 12.1 Å². The average Bonchev–Trinajstić information content (AvgIpc) is 2.49. The van der Waals surface area contributed by atoms with Gasteiger partial charge in [0, 0.05) is 0 Å². The maximum atomic E-state index is 10.7. The second kappa shape index (κ2) is 2.53. The summed E-state index contributed by atoms with van der Waals surface area (Å²) in [4.78, 5) is 0. The van der Waals surface area contributed by atoms with Gasteiger partial charge in [-0.2, -0.15) is 15.4 Å². The van der Waals surface area contributed by atoms with Gasteiger partial charge >= 0.3 is 7.68 Å². The quantitative estimate of drug-likeness (QED) is 0.658. The first-order valence-corrected chi connectivity index (χ1v) is 4.40. The maximum Gasteiger partial charge on any atom is 0.351 e. The van der Waals surface area contributed by atoms with E-state index in [0.717, 1.165) is 0 Å². The minimum absolute atomic E-state index is 0.205. The summed E-state index contributed by atoms with van der Waals surface area (Å²) in [6.07, 6.45) is 0. The van der Waals surface area contributed by atoms with Gasteiger partial charge in [0.05, 0.1) is 0 Å². The Balaban J connectivity index is 2.91. The molecule has 0 amide bonds. The molecule has 1 heterocycles. The Bertz CT molecular complexity index is 480. The van der Waals surface area contributed by atoms with E-state index in [-0.39, 0.29) is 5.30 Å². The molecule has 0 aliphatic rings. The van der Waals surface area contributed by atoms with Gasteiger partial charge in [0.1, 0.15) is 16.3 Å². The smallest absolute Gasteiger partial charge is 0.232 e. The highest BCUT2D eigenvalue weighted by atomic mass is 31.1. The molecule has 6 heteroatoms. The van der Waals surface area contributed by atoms with E-state index in [4.69, 9.17) is 0 Å². The van der Waals surface area contributed by atoms with Crippen molar-refractivity contribution in [3.05, 3.63) is 18.2 Å². The number of rotatable bonds is 1. The molecule has 0 atom stereocenters. The zero-order valence-electron chi connectivity index (χ0n) is 5.89. The zero-order chi connectivity index (χ0) is 8.55. The van der Waals surface area contributed by atoms with Crippen LogP contribution < -0.4 is 5.30 Å². The van der Waals surface area contributed by atoms with E-state index < -0.39 is 7.68 Å². The molecule has 0 saturated carbocycles. The van der Waals surface area contributed by atoms with Gasteiger partial charge in [-0.25, -0.2) is 9.13 Å². The van der Waals surface area contributed by atoms with Crippen LogP contribution in [0.1, 0.15) is 0 Å². The summed E-state index contributed by atoms with van der Waals surface area (Å²) in [6, 6.07) is 4.82. The topological polar surface area (TPSA) is 75.7 Å². The molecular weight excluding hydrogens is 177 g/mol. The highest BCUT2D eigenvalue weighted by Gasteiger charge is 2.07. The molecule has 0 radical (unpaired) electrons. The number of fused-ring (bicyclic) bond motifs is 1. The number of benzene rings is 1. The third-order valence-electron chi connectivity index (χ3n) is 1.52. The first kappa shape index (κ1) is 7.18. The van der Waals surface area contributed by atoms with Crippen molar-refractivity contribution in [2.24, 2.45) is 0 Å². The number of nitrogens with zero attached hydrogens (tertiary/aromatic N) is 2. The molecule has 0 fully saturated rings.